The van der Waals surface area contributed by atoms with Crippen LogP contribution in [0.5, 0.6) is 0 Å². The summed E-state index contributed by atoms with van der Waals surface area (Å²) in [5, 5.41) is 0. The summed E-state index contributed by atoms with van der Waals surface area (Å²) in [7, 11) is 0. The summed E-state index contributed by atoms with van der Waals surface area (Å²) in [4.78, 5) is 0. The Hall–Kier alpha value is -0.880. The second-order valence-corrected chi connectivity index (χ2v) is 2.40. The van der Waals surface area contributed by atoms with Crippen molar-refractivity contribution < 1.29 is 0 Å². The van der Waals surface area contributed by atoms with Crippen LogP contribution in [0.1, 0.15) is 19.3 Å². The molecule has 1 radical (unpaired) electrons. The number of hydrogen-bond donors (Lipinski definition) is 0. The first-order valence-electron chi connectivity index (χ1n) is 3.30. The van der Waals surface area contributed by atoms with Crippen molar-refractivity contribution in [3.8, 4) is 23.7 Å². The SMILES string of the molecule is C1#C[C](C2C#CC2)CC1. The highest BCUT2D eigenvalue weighted by atomic mass is 14.2. The molecule has 1 unspecified atom stereocenters. The van der Waals surface area contributed by atoms with E-state index < -0.39 is 0 Å². The lowest BCUT2D eigenvalue weighted by atomic mass is 9.85. The van der Waals surface area contributed by atoms with Crippen molar-refractivity contribution >= 4 is 0 Å². The largest absolute Gasteiger partial charge is 0.103 e. The Morgan fingerprint density at radius 1 is 1.33 bits per heavy atom. The zero-order valence-electron chi connectivity index (χ0n) is 5.20. The number of rotatable bonds is 1. The fraction of sp³-hybridized carbons (Fsp3) is 0.444. The van der Waals surface area contributed by atoms with E-state index in [2.05, 4.69) is 23.7 Å². The normalized spacial score (nSPS) is 29.6. The highest BCUT2D eigenvalue weighted by Gasteiger charge is 2.22. The van der Waals surface area contributed by atoms with E-state index in [1.807, 2.05) is 0 Å². The van der Waals surface area contributed by atoms with Gasteiger partial charge in [-0.2, -0.15) is 0 Å². The van der Waals surface area contributed by atoms with Gasteiger partial charge in [-0.1, -0.05) is 11.8 Å². The molecule has 0 heteroatoms. The molecular weight excluding hydrogens is 108 g/mol. The zero-order chi connectivity index (χ0) is 6.10. The van der Waals surface area contributed by atoms with Crippen LogP contribution in [-0.2, 0) is 0 Å². The summed E-state index contributed by atoms with van der Waals surface area (Å²) < 4.78 is 0. The summed E-state index contributed by atoms with van der Waals surface area (Å²) in [5.41, 5.74) is 0. The molecule has 0 aromatic carbocycles. The summed E-state index contributed by atoms with van der Waals surface area (Å²) in [6.07, 6.45) is 3.27. The second kappa shape index (κ2) is 1.82. The van der Waals surface area contributed by atoms with E-state index in [9.17, 15) is 0 Å². The Kier molecular flexibility index (Phi) is 0.998. The third kappa shape index (κ3) is 0.718. The van der Waals surface area contributed by atoms with Gasteiger partial charge in [-0.25, -0.2) is 0 Å². The third-order valence-corrected chi connectivity index (χ3v) is 1.77. The van der Waals surface area contributed by atoms with Gasteiger partial charge in [0.2, 0.25) is 0 Å². The highest BCUT2D eigenvalue weighted by molar-refractivity contribution is 5.38. The topological polar surface area (TPSA) is 0 Å². The average Bonchev–Trinajstić information content (AvgIpc) is 2.11. The first-order valence-corrected chi connectivity index (χ1v) is 3.30. The molecule has 0 amide bonds. The van der Waals surface area contributed by atoms with Gasteiger partial charge in [-0.3, -0.25) is 0 Å². The molecule has 0 saturated carbocycles. The molecule has 2 aliphatic rings. The smallest absolute Gasteiger partial charge is 0.0647 e. The van der Waals surface area contributed by atoms with E-state index >= 15 is 0 Å². The van der Waals surface area contributed by atoms with Gasteiger partial charge in [0.1, 0.15) is 0 Å². The standard InChI is InChI=1S/C9H7/c1-2-5-8(4-1)9-6-3-7-9/h9H,1,4,6H2. The van der Waals surface area contributed by atoms with E-state index in [0.717, 1.165) is 19.3 Å². The van der Waals surface area contributed by atoms with E-state index in [1.54, 1.807) is 0 Å². The third-order valence-electron chi connectivity index (χ3n) is 1.77. The van der Waals surface area contributed by atoms with Crippen molar-refractivity contribution in [1.29, 1.82) is 0 Å². The molecule has 9 heavy (non-hydrogen) atoms. The lowest BCUT2D eigenvalue weighted by Gasteiger charge is -2.15. The van der Waals surface area contributed by atoms with Gasteiger partial charge in [0.25, 0.3) is 0 Å². The van der Waals surface area contributed by atoms with Crippen molar-refractivity contribution in [3.63, 3.8) is 0 Å². The minimum Gasteiger partial charge on any atom is -0.103 e. The molecule has 0 bridgehead atoms. The van der Waals surface area contributed by atoms with Crippen LogP contribution >= 0.6 is 0 Å². The van der Waals surface area contributed by atoms with E-state index in [4.69, 9.17) is 0 Å². The van der Waals surface area contributed by atoms with Crippen molar-refractivity contribution in [2.45, 2.75) is 19.3 Å². The van der Waals surface area contributed by atoms with Crippen LogP contribution in [0, 0.1) is 35.5 Å². The Labute approximate surface area is 55.6 Å². The minimum atomic E-state index is 0.556. The quantitative estimate of drug-likeness (QED) is 0.453. The summed E-state index contributed by atoms with van der Waals surface area (Å²) in [5.74, 6) is 14.2. The molecule has 0 aromatic heterocycles. The predicted molar refractivity (Wildman–Crippen MR) is 36.1 cm³/mol. The van der Waals surface area contributed by atoms with Gasteiger partial charge in [0.15, 0.2) is 0 Å². The van der Waals surface area contributed by atoms with Gasteiger partial charge in [-0.05, 0) is 6.42 Å². The maximum Gasteiger partial charge on any atom is 0.0647 e. The summed E-state index contributed by atoms with van der Waals surface area (Å²) in [6.45, 7) is 0. The Balaban J connectivity index is 2.04. The van der Waals surface area contributed by atoms with E-state index in [1.165, 1.54) is 5.92 Å². The Morgan fingerprint density at radius 3 is 2.67 bits per heavy atom. The number of hydrogen-bond acceptors (Lipinski definition) is 0. The minimum absolute atomic E-state index is 0.556. The van der Waals surface area contributed by atoms with Crippen LogP contribution in [0.25, 0.3) is 0 Å². The van der Waals surface area contributed by atoms with Crippen LogP contribution in [-0.4, -0.2) is 0 Å². The van der Waals surface area contributed by atoms with Gasteiger partial charge < -0.3 is 0 Å². The average molecular weight is 115 g/mol. The van der Waals surface area contributed by atoms with Gasteiger partial charge in [-0.15, -0.1) is 11.8 Å². The Morgan fingerprint density at radius 2 is 2.22 bits per heavy atom. The molecule has 1 atom stereocenters. The molecule has 2 rings (SSSR count). The molecule has 0 fully saturated rings. The van der Waals surface area contributed by atoms with E-state index in [-0.39, 0.29) is 0 Å². The molecule has 0 heterocycles. The molecule has 0 spiro atoms. The van der Waals surface area contributed by atoms with Crippen LogP contribution in [0.2, 0.25) is 0 Å². The van der Waals surface area contributed by atoms with Crippen molar-refractivity contribution in [2.24, 2.45) is 5.92 Å². The molecule has 0 nitrogen and oxygen atoms in total. The maximum absolute atomic E-state index is 3.12. The zero-order valence-corrected chi connectivity index (χ0v) is 5.20. The van der Waals surface area contributed by atoms with Crippen molar-refractivity contribution in [1.82, 2.24) is 0 Å². The first kappa shape index (κ1) is 4.95. The molecule has 0 aliphatic heterocycles. The predicted octanol–water partition coefficient (Wildman–Crippen LogP) is 1.38. The second-order valence-electron chi connectivity index (χ2n) is 2.40. The molecule has 2 aliphatic carbocycles. The molecule has 0 saturated heterocycles. The van der Waals surface area contributed by atoms with Gasteiger partial charge >= 0.3 is 0 Å². The summed E-state index contributed by atoms with van der Waals surface area (Å²) in [6, 6.07) is 0. The van der Waals surface area contributed by atoms with Crippen LogP contribution in [0.15, 0.2) is 0 Å². The van der Waals surface area contributed by atoms with Crippen LogP contribution < -0.4 is 0 Å². The van der Waals surface area contributed by atoms with E-state index in [0.29, 0.717) is 5.92 Å². The summed E-state index contributed by atoms with van der Waals surface area (Å²) >= 11 is 0. The van der Waals surface area contributed by atoms with Gasteiger partial charge in [0.05, 0.1) is 5.92 Å². The lowest BCUT2D eigenvalue weighted by molar-refractivity contribution is 0.678. The highest BCUT2D eigenvalue weighted by Crippen LogP contribution is 2.28. The first-order chi connectivity index (χ1) is 4.47. The molecule has 43 valence electrons. The maximum atomic E-state index is 3.12. The fourth-order valence-corrected chi connectivity index (χ4v) is 1.11. The monoisotopic (exact) mass is 115 g/mol. The molecular formula is C9H7. The molecule has 0 aromatic rings. The van der Waals surface area contributed by atoms with Crippen LogP contribution in [0.3, 0.4) is 0 Å². The molecule has 0 N–H and O–H groups in total. The van der Waals surface area contributed by atoms with Crippen molar-refractivity contribution in [3.05, 3.63) is 5.92 Å². The Bertz CT molecular complexity index is 228. The van der Waals surface area contributed by atoms with Gasteiger partial charge in [0, 0.05) is 18.8 Å². The lowest BCUT2D eigenvalue weighted by Crippen LogP contribution is -2.11. The van der Waals surface area contributed by atoms with Crippen LogP contribution in [0.4, 0.5) is 0 Å². The fourth-order valence-electron chi connectivity index (χ4n) is 1.11. The van der Waals surface area contributed by atoms with Crippen molar-refractivity contribution in [2.75, 3.05) is 0 Å².